The molecule has 136 heavy (non-hydrogen) atoms. The molecule has 40 heteroatoms. The lowest BCUT2D eigenvalue weighted by Crippen LogP contribution is -2.46. The van der Waals surface area contributed by atoms with E-state index < -0.39 is 140 Å². The number of pyridine rings is 2. The molecule has 15 rings (SSSR count). The zero-order valence-corrected chi connectivity index (χ0v) is 81.6. The largest absolute Gasteiger partial charge is 0.444 e. The summed E-state index contributed by atoms with van der Waals surface area (Å²) in [7, 11) is -2.54. The predicted molar refractivity (Wildman–Crippen MR) is 502 cm³/mol. The lowest BCUT2D eigenvalue weighted by Gasteiger charge is -2.34. The smallest absolute Gasteiger partial charge is 0.408 e. The van der Waals surface area contributed by atoms with Crippen molar-refractivity contribution in [2.75, 3.05) is 46.2 Å². The van der Waals surface area contributed by atoms with Crippen LogP contribution in [0.1, 0.15) is 243 Å². The quantitative estimate of drug-likeness (QED) is 0.00971. The van der Waals surface area contributed by atoms with Crippen LogP contribution in [-0.4, -0.2) is 178 Å². The highest BCUT2D eigenvalue weighted by atomic mass is 28.3. The Balaban J connectivity index is 0.000000181. The summed E-state index contributed by atoms with van der Waals surface area (Å²) >= 11 is 0. The van der Waals surface area contributed by atoms with Crippen molar-refractivity contribution in [3.8, 4) is 6.01 Å². The summed E-state index contributed by atoms with van der Waals surface area (Å²) in [6.07, 6.45) is 14.6. The summed E-state index contributed by atoms with van der Waals surface area (Å²) in [5.41, 5.74) is 9.26. The van der Waals surface area contributed by atoms with E-state index in [0.29, 0.717) is 142 Å². The number of alkyl carbamates (subject to hydrolysis) is 3. The lowest BCUT2D eigenvalue weighted by atomic mass is 9.86. The first-order chi connectivity index (χ1) is 64.5. The Morgan fingerprint density at radius 3 is 1.22 bits per heavy atom. The van der Waals surface area contributed by atoms with Crippen LogP contribution in [-0.2, 0) is 30.4 Å². The van der Waals surface area contributed by atoms with Crippen LogP contribution in [0.2, 0.25) is 51.4 Å². The molecule has 2 fully saturated rings. The van der Waals surface area contributed by atoms with Gasteiger partial charge in [0.1, 0.15) is 23.5 Å². The minimum Gasteiger partial charge on any atom is -0.444 e. The molecule has 32 nitrogen and oxygen atoms in total. The molecular formula is C96H124F6N20O12Si2. The number of benzene rings is 3. The fourth-order valence-electron chi connectivity index (χ4n) is 17.8. The van der Waals surface area contributed by atoms with Crippen LogP contribution in [0.5, 0.6) is 6.01 Å². The topological polar surface area (TPSA) is 381 Å². The fraction of sp³-hybridized carbons (Fsp3) is 0.510. The number of urea groups is 2. The van der Waals surface area contributed by atoms with Crippen LogP contribution < -0.4 is 42.7 Å². The van der Waals surface area contributed by atoms with Crippen LogP contribution >= 0.6 is 0 Å². The molecule has 730 valence electrons. The highest BCUT2D eigenvalue weighted by Gasteiger charge is 2.44. The maximum Gasteiger partial charge on any atom is 0.408 e. The molecule has 7 N–H and O–H groups in total. The molecule has 3 aliphatic carbocycles. The summed E-state index contributed by atoms with van der Waals surface area (Å²) < 4.78 is 128. The molecule has 0 unspecified atom stereocenters. The molecule has 0 saturated carbocycles. The second-order valence-corrected chi connectivity index (χ2v) is 51.5. The number of halogens is 6. The Kier molecular flexibility index (Phi) is 32.5. The normalized spacial score (nSPS) is 20.1. The monoisotopic (exact) mass is 1920 g/mol. The molecular weight excluding hydrogens is 1800 g/mol. The number of nitrogens with two attached hydrogens (primary N) is 1. The molecule has 7 amide bonds. The third kappa shape index (κ3) is 25.6. The Labute approximate surface area is 788 Å². The molecule has 5 aliphatic rings. The fourth-order valence-corrected chi connectivity index (χ4v) is 19.3. The van der Waals surface area contributed by atoms with Crippen molar-refractivity contribution in [2.45, 2.75) is 268 Å². The number of nitrogens with zero attached hydrogens (tertiary/aromatic N) is 14. The van der Waals surface area contributed by atoms with Crippen molar-refractivity contribution < 1.29 is 78.7 Å². The Morgan fingerprint density at radius 1 is 0.426 bits per heavy atom. The van der Waals surface area contributed by atoms with Gasteiger partial charge in [-0.2, -0.15) is 4.98 Å². The standard InChI is InChI=1S/2C38H50F2N8O5Si.C20H24F2N4O2/c1-38(2,3)53-37(50)45-31-26(25-9-7-10-27(39)30(25)40)12-13-28(32-33(31)42-18-17-41-32)44-35(49)47-19-14-24(15-20-47)48-29-11-8-16-43-34(29)46-36(48)52-23-51-21-22-54(4,5)6;1-38(2,3)53-36(50)45-31-26(25-9-7-10-27(39)30(25)40)12-13-28(32-33(31)42-18-17-41-32)44-35(49)46-19-14-24(15-20-46)48-29-11-8-16-43-34(29)47(37(48)51)23-52-21-22-54(4,5)6;1-20(2,3)28-19(27)26-16-12(11-5-4-6-13(21)15(11)22)7-8-14(23)17-18(16)25-10-9-24-17/h2*7-11,16-18,24,26,28,31H,12-15,19-23H2,1-6H3,(H,44,49)(H,45,50);4-6,9-10,12,14,16H,7-8,23H2,1-3H3,(H,26,27)/t2*26-,28+,31-;12-,14+,16-/m000/s1. The number of fused-ring (bicyclic) bond motifs is 5. The van der Waals surface area contributed by atoms with Crippen molar-refractivity contribution in [1.82, 2.24) is 94.9 Å². The second kappa shape index (κ2) is 43.6. The van der Waals surface area contributed by atoms with Crippen LogP contribution in [0.3, 0.4) is 0 Å². The summed E-state index contributed by atoms with van der Waals surface area (Å²) in [5, 5.41) is 14.7. The molecule has 0 bridgehead atoms. The highest BCUT2D eigenvalue weighted by molar-refractivity contribution is 6.76. The number of amides is 7. The summed E-state index contributed by atoms with van der Waals surface area (Å²) in [5.74, 6) is -7.96. The molecule has 3 aromatic carbocycles. The van der Waals surface area contributed by atoms with Gasteiger partial charge >= 0.3 is 42.0 Å². The molecule has 9 atom stereocenters. The van der Waals surface area contributed by atoms with Crippen LogP contribution in [0.25, 0.3) is 22.3 Å². The van der Waals surface area contributed by atoms with Crippen LogP contribution in [0.4, 0.5) is 50.3 Å². The molecule has 7 aromatic heterocycles. The number of nitrogens with one attached hydrogen (secondary N) is 5. The van der Waals surface area contributed by atoms with Crippen LogP contribution in [0, 0.1) is 34.9 Å². The number of hydrogen-bond donors (Lipinski definition) is 6. The number of piperidine rings is 2. The van der Waals surface area contributed by atoms with E-state index in [0.717, 1.165) is 41.3 Å². The minimum atomic E-state index is -1.30. The van der Waals surface area contributed by atoms with Gasteiger partial charge in [-0.25, -0.2) is 65.1 Å². The predicted octanol–water partition coefficient (Wildman–Crippen LogP) is 18.1. The number of carbonyl (C=O) groups is 5. The van der Waals surface area contributed by atoms with Gasteiger partial charge in [-0.3, -0.25) is 43.6 Å². The zero-order valence-electron chi connectivity index (χ0n) is 79.6. The van der Waals surface area contributed by atoms with E-state index in [9.17, 15) is 46.3 Å². The number of ether oxygens (including phenoxy) is 6. The van der Waals surface area contributed by atoms with Crippen molar-refractivity contribution in [3.63, 3.8) is 0 Å². The number of aromatic nitrogens is 12. The first-order valence-corrected chi connectivity index (χ1v) is 53.6. The number of imidazole rings is 2. The van der Waals surface area contributed by atoms with Gasteiger partial charge in [0.05, 0.1) is 75.4 Å². The first-order valence-electron chi connectivity index (χ1n) is 46.2. The Morgan fingerprint density at radius 2 is 0.801 bits per heavy atom. The minimum absolute atomic E-state index is 0.00585. The molecule has 2 aliphatic heterocycles. The SMILES string of the molecule is CC(C)(C)OC(=O)N[C@@H]1c2nccnc2[C@H](N)CC[C@H]1c1cccc(F)c1F.CC(C)(C)OC(=O)N[C@@H]1c2nccnc2[C@H](NC(=O)N2CCC(n3c(=O)n(COCC[Si](C)(C)C)c4ncccc43)CC2)CC[C@H]1c1cccc(F)c1F.CC(C)(C)OC(=O)N[C@@H]1c2nccnc2[C@H](NC(=O)N2CCC(n3c(OCOCC[Si](C)(C)C)nc4ncccc43)CC2)CC[C@H]1c1cccc(F)c1F. The maximum absolute atomic E-state index is 15.3. The first kappa shape index (κ1) is 101. The van der Waals surface area contributed by atoms with E-state index in [2.05, 4.69) is 115 Å². The van der Waals surface area contributed by atoms with E-state index in [1.807, 2.05) is 24.3 Å². The van der Waals surface area contributed by atoms with Gasteiger partial charge in [-0.15, -0.1) is 0 Å². The summed E-state index contributed by atoms with van der Waals surface area (Å²) in [4.78, 5) is 124. The van der Waals surface area contributed by atoms with Gasteiger partial charge in [0.25, 0.3) is 0 Å². The van der Waals surface area contributed by atoms with E-state index in [-0.39, 0.29) is 72.9 Å². The van der Waals surface area contributed by atoms with Crippen molar-refractivity contribution in [2.24, 2.45) is 5.73 Å². The summed E-state index contributed by atoms with van der Waals surface area (Å²) in [6, 6.07) is 16.9. The van der Waals surface area contributed by atoms with E-state index in [1.165, 1.54) is 73.6 Å². The van der Waals surface area contributed by atoms with Gasteiger partial charge in [0, 0.05) is 141 Å². The average molecular weight is 1920 g/mol. The van der Waals surface area contributed by atoms with Crippen molar-refractivity contribution in [1.29, 1.82) is 0 Å². The zero-order chi connectivity index (χ0) is 97.9. The molecule has 10 aromatic rings. The average Bonchev–Trinajstić information content (AvgIpc) is 1.60. The van der Waals surface area contributed by atoms with Gasteiger partial charge in [0.15, 0.2) is 53.0 Å². The number of carbonyl (C=O) groups excluding carboxylic acids is 5. The summed E-state index contributed by atoms with van der Waals surface area (Å²) in [6.45, 7) is 32.5. The molecule has 2 saturated heterocycles. The van der Waals surface area contributed by atoms with Crippen molar-refractivity contribution >= 4 is 68.8 Å². The van der Waals surface area contributed by atoms with Crippen molar-refractivity contribution in [3.05, 3.63) is 225 Å². The van der Waals surface area contributed by atoms with Gasteiger partial charge in [0.2, 0.25) is 0 Å². The molecule has 9 heterocycles. The van der Waals surface area contributed by atoms with E-state index >= 15 is 8.78 Å². The second-order valence-electron chi connectivity index (χ2n) is 40.2. The van der Waals surface area contributed by atoms with E-state index in [4.69, 9.17) is 34.2 Å². The maximum atomic E-state index is 15.3. The third-order valence-electron chi connectivity index (χ3n) is 24.3. The van der Waals surface area contributed by atoms with Gasteiger partial charge < -0.3 is 70.5 Å². The molecule has 0 radical (unpaired) electrons. The Bertz CT molecular complexity index is 5930. The number of rotatable bonds is 21. The third-order valence-corrected chi connectivity index (χ3v) is 27.7. The Hall–Kier alpha value is -12.0. The van der Waals surface area contributed by atoms with Gasteiger partial charge in [-0.1, -0.05) is 75.7 Å². The number of hydrogen-bond acceptors (Lipinski definition) is 22. The lowest BCUT2D eigenvalue weighted by molar-refractivity contribution is 0.0127. The van der Waals surface area contributed by atoms with Gasteiger partial charge in [-0.05, 0) is 198 Å². The van der Waals surface area contributed by atoms with E-state index in [1.54, 1.807) is 93.6 Å². The number of likely N-dealkylation sites (tertiary alicyclic amines) is 2. The molecule has 0 spiro atoms. The van der Waals surface area contributed by atoms with Crippen LogP contribution in [0.15, 0.2) is 133 Å². The highest BCUT2D eigenvalue weighted by Crippen LogP contribution is 2.47.